The predicted octanol–water partition coefficient (Wildman–Crippen LogP) is 4.65. The molecule has 0 fully saturated rings. The Labute approximate surface area is 145 Å². The molecule has 6 heteroatoms. The molecule has 0 N–H and O–H groups in total. The number of carbonyl (C=O) groups is 2. The van der Waals surface area contributed by atoms with Crippen LogP contribution < -0.4 is 9.47 Å². The molecule has 0 amide bonds. The first-order valence-electron chi connectivity index (χ1n) is 7.08. The van der Waals surface area contributed by atoms with E-state index in [2.05, 4.69) is 0 Å². The Balaban J connectivity index is 1.58. The first-order valence-corrected chi connectivity index (χ1v) is 8.84. The maximum atomic E-state index is 12.3. The van der Waals surface area contributed by atoms with Crippen molar-refractivity contribution in [3.05, 3.63) is 74.3 Å². The van der Waals surface area contributed by atoms with Gasteiger partial charge < -0.3 is 9.47 Å². The molecule has 0 saturated heterocycles. The molecule has 0 spiro atoms. The van der Waals surface area contributed by atoms with Crippen molar-refractivity contribution >= 4 is 40.5 Å². The monoisotopic (exact) mass is 354 g/mol. The number of rotatable bonds is 3. The third-order valence-electron chi connectivity index (χ3n) is 3.39. The molecule has 2 aromatic heterocycles. The number of carbonyl (C=O) groups excluding carboxylic acids is 2. The second kappa shape index (κ2) is 6.07. The van der Waals surface area contributed by atoms with Crippen molar-refractivity contribution in [2.45, 2.75) is 0 Å². The summed E-state index contributed by atoms with van der Waals surface area (Å²) >= 11 is 2.83. The van der Waals surface area contributed by atoms with Gasteiger partial charge in [-0.2, -0.15) is 0 Å². The van der Waals surface area contributed by atoms with Gasteiger partial charge in [0.1, 0.15) is 16.4 Å². The number of thiophene rings is 2. The lowest BCUT2D eigenvalue weighted by Crippen LogP contribution is -2.06. The molecule has 0 aliphatic carbocycles. The molecule has 0 bridgehead atoms. The average Bonchev–Trinajstić information content (AvgIpc) is 3.31. The molecule has 118 valence electrons. The fraction of sp³-hybridized carbons (Fsp3) is 0. The standard InChI is InChI=1S/C18H10O4S2/c19-17-13-6-5-11(21-18(20)16-4-2-8-24-16)9-14(13)22-15(17)10-12-3-1-7-23-12/h1-10H/b15-10-. The van der Waals surface area contributed by atoms with Gasteiger partial charge in [-0.3, -0.25) is 4.79 Å². The maximum Gasteiger partial charge on any atom is 0.353 e. The highest BCUT2D eigenvalue weighted by atomic mass is 32.1. The summed E-state index contributed by atoms with van der Waals surface area (Å²) in [6, 6.07) is 12.1. The van der Waals surface area contributed by atoms with Crippen LogP contribution in [0.4, 0.5) is 0 Å². The number of Topliss-reactive ketones (excluding diaryl/α,β-unsaturated/α-hetero) is 1. The van der Waals surface area contributed by atoms with E-state index < -0.39 is 5.97 Å². The van der Waals surface area contributed by atoms with Gasteiger partial charge in [-0.15, -0.1) is 22.7 Å². The zero-order chi connectivity index (χ0) is 16.5. The van der Waals surface area contributed by atoms with Crippen molar-refractivity contribution in [2.24, 2.45) is 0 Å². The molecular weight excluding hydrogens is 344 g/mol. The van der Waals surface area contributed by atoms with Crippen LogP contribution in [-0.4, -0.2) is 11.8 Å². The van der Waals surface area contributed by atoms with Crippen LogP contribution in [0.2, 0.25) is 0 Å². The highest BCUT2D eigenvalue weighted by Crippen LogP contribution is 2.35. The molecule has 3 heterocycles. The third-order valence-corrected chi connectivity index (χ3v) is 5.06. The maximum absolute atomic E-state index is 12.3. The lowest BCUT2D eigenvalue weighted by molar-refractivity contribution is 0.0739. The molecular formula is C18H10O4S2. The van der Waals surface area contributed by atoms with Crippen LogP contribution in [0.1, 0.15) is 24.9 Å². The van der Waals surface area contributed by atoms with Crippen molar-refractivity contribution in [2.75, 3.05) is 0 Å². The number of fused-ring (bicyclic) bond motifs is 1. The number of allylic oxidation sites excluding steroid dienone is 1. The minimum absolute atomic E-state index is 0.172. The molecule has 0 unspecified atom stereocenters. The molecule has 1 aliphatic heterocycles. The fourth-order valence-electron chi connectivity index (χ4n) is 2.29. The van der Waals surface area contributed by atoms with Gasteiger partial charge in [0, 0.05) is 17.0 Å². The highest BCUT2D eigenvalue weighted by Gasteiger charge is 2.28. The number of hydrogen-bond donors (Lipinski definition) is 0. The minimum atomic E-state index is -0.427. The van der Waals surface area contributed by atoms with Gasteiger partial charge in [-0.05, 0) is 35.0 Å². The van der Waals surface area contributed by atoms with E-state index in [1.54, 1.807) is 36.4 Å². The summed E-state index contributed by atoms with van der Waals surface area (Å²) in [6.45, 7) is 0. The summed E-state index contributed by atoms with van der Waals surface area (Å²) in [7, 11) is 0. The van der Waals surface area contributed by atoms with Gasteiger partial charge >= 0.3 is 5.97 Å². The van der Waals surface area contributed by atoms with Crippen LogP contribution in [0, 0.1) is 0 Å². The number of ether oxygens (including phenoxy) is 2. The average molecular weight is 354 g/mol. The second-order valence-electron chi connectivity index (χ2n) is 4.98. The van der Waals surface area contributed by atoms with Crippen molar-refractivity contribution < 1.29 is 19.1 Å². The lowest BCUT2D eigenvalue weighted by atomic mass is 10.1. The zero-order valence-corrected chi connectivity index (χ0v) is 13.9. The fourth-order valence-corrected chi connectivity index (χ4v) is 3.53. The minimum Gasteiger partial charge on any atom is -0.452 e. The molecule has 3 aromatic rings. The van der Waals surface area contributed by atoms with Gasteiger partial charge in [0.05, 0.1) is 5.56 Å². The van der Waals surface area contributed by atoms with Crippen molar-refractivity contribution in [3.63, 3.8) is 0 Å². The topological polar surface area (TPSA) is 52.6 Å². The van der Waals surface area contributed by atoms with E-state index in [-0.39, 0.29) is 11.5 Å². The van der Waals surface area contributed by atoms with Crippen LogP contribution in [0.25, 0.3) is 6.08 Å². The predicted molar refractivity (Wildman–Crippen MR) is 93.0 cm³/mol. The van der Waals surface area contributed by atoms with E-state index in [1.165, 1.54) is 22.7 Å². The van der Waals surface area contributed by atoms with Gasteiger partial charge in [-0.1, -0.05) is 12.1 Å². The summed E-state index contributed by atoms with van der Waals surface area (Å²) in [5.74, 6) is 0.420. The molecule has 0 radical (unpaired) electrons. The van der Waals surface area contributed by atoms with Crippen molar-refractivity contribution in [1.82, 2.24) is 0 Å². The largest absolute Gasteiger partial charge is 0.452 e. The Morgan fingerprint density at radius 1 is 1.08 bits per heavy atom. The van der Waals surface area contributed by atoms with Crippen molar-refractivity contribution in [3.8, 4) is 11.5 Å². The zero-order valence-electron chi connectivity index (χ0n) is 12.2. The number of benzene rings is 1. The molecule has 4 rings (SSSR count). The van der Waals surface area contributed by atoms with E-state index in [4.69, 9.17) is 9.47 Å². The van der Waals surface area contributed by atoms with Gasteiger partial charge in [0.25, 0.3) is 0 Å². The van der Waals surface area contributed by atoms with Crippen molar-refractivity contribution in [1.29, 1.82) is 0 Å². The van der Waals surface area contributed by atoms with E-state index in [0.717, 1.165) is 4.88 Å². The molecule has 4 nitrogen and oxygen atoms in total. The number of ketones is 1. The second-order valence-corrected chi connectivity index (χ2v) is 6.91. The van der Waals surface area contributed by atoms with Gasteiger partial charge in [0.15, 0.2) is 5.76 Å². The summed E-state index contributed by atoms with van der Waals surface area (Å²) in [4.78, 5) is 25.8. The van der Waals surface area contributed by atoms with Gasteiger partial charge in [0.2, 0.25) is 5.78 Å². The Hall–Kier alpha value is -2.70. The molecule has 0 atom stereocenters. The summed E-state index contributed by atoms with van der Waals surface area (Å²) in [5.41, 5.74) is 0.466. The van der Waals surface area contributed by atoms with Crippen LogP contribution in [0.3, 0.4) is 0 Å². The first-order chi connectivity index (χ1) is 11.7. The summed E-state index contributed by atoms with van der Waals surface area (Å²) < 4.78 is 11.0. The lowest BCUT2D eigenvalue weighted by Gasteiger charge is -2.04. The Morgan fingerprint density at radius 3 is 2.67 bits per heavy atom. The SMILES string of the molecule is O=C(Oc1ccc2c(c1)O/C(=C\c1cccs1)C2=O)c1cccs1. The van der Waals surface area contributed by atoms with Crippen LogP contribution in [0.15, 0.2) is 59.0 Å². The first kappa shape index (κ1) is 14.9. The Kier molecular flexibility index (Phi) is 3.76. The number of hydrogen-bond acceptors (Lipinski definition) is 6. The van der Waals surface area contributed by atoms with Crippen LogP contribution in [0.5, 0.6) is 11.5 Å². The van der Waals surface area contributed by atoms with Gasteiger partial charge in [-0.25, -0.2) is 4.79 Å². The van der Waals surface area contributed by atoms with Crippen LogP contribution >= 0.6 is 22.7 Å². The summed E-state index contributed by atoms with van der Waals surface area (Å²) in [6.07, 6.45) is 1.71. The number of esters is 1. The highest BCUT2D eigenvalue weighted by molar-refractivity contribution is 7.12. The summed E-state index contributed by atoms with van der Waals surface area (Å²) in [5, 5.41) is 3.74. The Bertz CT molecular complexity index is 938. The normalized spacial score (nSPS) is 14.5. The quantitative estimate of drug-likeness (QED) is 0.390. The third kappa shape index (κ3) is 2.77. The van der Waals surface area contributed by atoms with E-state index >= 15 is 0 Å². The molecule has 1 aromatic carbocycles. The van der Waals surface area contributed by atoms with E-state index in [1.807, 2.05) is 22.9 Å². The smallest absolute Gasteiger partial charge is 0.353 e. The van der Waals surface area contributed by atoms with E-state index in [9.17, 15) is 9.59 Å². The molecule has 0 saturated carbocycles. The molecule has 24 heavy (non-hydrogen) atoms. The Morgan fingerprint density at radius 2 is 1.92 bits per heavy atom. The van der Waals surface area contributed by atoms with Crippen LogP contribution in [-0.2, 0) is 0 Å². The van der Waals surface area contributed by atoms with E-state index in [0.29, 0.717) is 21.9 Å². The molecule has 1 aliphatic rings.